The molecule has 212 valence electrons. The molecule has 0 heterocycles. The normalized spacial score (nSPS) is 13.8. The van der Waals surface area contributed by atoms with Crippen molar-refractivity contribution >= 4 is 38.8 Å². The number of nitrogen functional groups attached to an aromatic ring is 1. The zero-order chi connectivity index (χ0) is 29.3. The van der Waals surface area contributed by atoms with Gasteiger partial charge in [-0.2, -0.15) is 23.8 Å². The average Bonchev–Trinajstić information content (AvgIpc) is 3.15. The van der Waals surface area contributed by atoms with Gasteiger partial charge in [-0.1, -0.05) is 19.1 Å². The second-order valence-electron chi connectivity index (χ2n) is 8.79. The lowest BCUT2D eigenvalue weighted by Gasteiger charge is -2.11. The fraction of sp³-hybridized carbons (Fsp3) is 0.296. The molecule has 2 aromatic rings. The molecule has 1 amide bonds. The molecule has 3 rings (SSSR count). The van der Waals surface area contributed by atoms with Crippen LogP contribution in [0.3, 0.4) is 0 Å². The van der Waals surface area contributed by atoms with Gasteiger partial charge in [0.15, 0.2) is 0 Å². The van der Waals surface area contributed by atoms with Crippen molar-refractivity contribution in [2.75, 3.05) is 25.2 Å². The summed E-state index contributed by atoms with van der Waals surface area (Å²) in [4.78, 5) is 11.4. The first kappa shape index (κ1) is 30.2. The smallest absolute Gasteiger partial charge is 0.264 e. The number of aryl methyl sites for hydroxylation is 2. The van der Waals surface area contributed by atoms with Gasteiger partial charge in [0.25, 0.3) is 10.1 Å². The molecule has 13 heteroatoms. The molecule has 40 heavy (non-hydrogen) atoms. The highest BCUT2D eigenvalue weighted by Gasteiger charge is 2.12. The molecule has 2 aromatic carbocycles. The summed E-state index contributed by atoms with van der Waals surface area (Å²) in [6.45, 7) is 3.85. The Morgan fingerprint density at radius 2 is 1.70 bits per heavy atom. The summed E-state index contributed by atoms with van der Waals surface area (Å²) >= 11 is 0. The second kappa shape index (κ2) is 13.6. The Morgan fingerprint density at radius 3 is 2.38 bits per heavy atom. The number of hydrogen-bond acceptors (Lipinski definition) is 10. The van der Waals surface area contributed by atoms with Crippen LogP contribution in [-0.2, 0) is 21.3 Å². The van der Waals surface area contributed by atoms with E-state index in [2.05, 4.69) is 20.5 Å². The van der Waals surface area contributed by atoms with Crippen LogP contribution in [0.4, 0.5) is 22.7 Å². The van der Waals surface area contributed by atoms with E-state index in [0.29, 0.717) is 58.4 Å². The summed E-state index contributed by atoms with van der Waals surface area (Å²) in [6.07, 6.45) is 8.10. The predicted molar refractivity (Wildman–Crippen MR) is 152 cm³/mol. The standard InChI is InChI=1S/C27H32N6O6S/c1-4-18-14-24(26(38-3)16-23(18)32-30-20-8-5-7-19(9-10-20)27(29)34)33-31-22-15-25(21(28)13-17(22)2)39-11-6-12-40(35,36)37/h7-10,13-16H,4-6,11-12,28H2,1-3H3,(H2,29,34)(H,35,36,37). The quantitative estimate of drug-likeness (QED) is 0.129. The van der Waals surface area contributed by atoms with Crippen LogP contribution in [0.25, 0.3) is 0 Å². The molecule has 0 aliphatic heterocycles. The number of azo groups is 2. The molecule has 0 unspecified atom stereocenters. The SMILES string of the molecule is CCc1cc(N=Nc2cc(OCCCS(=O)(=O)O)c(N)cc2C)c(OC)cc1N=NC1=CCC=C(C(N)=O)C=C1. The maximum absolute atomic E-state index is 11.4. The Hall–Kier alpha value is -4.36. The van der Waals surface area contributed by atoms with Gasteiger partial charge in [0.05, 0.1) is 42.2 Å². The number of carbonyl (C=O) groups is 1. The number of allylic oxidation sites excluding steroid dienone is 3. The van der Waals surface area contributed by atoms with Crippen molar-refractivity contribution in [3.05, 3.63) is 71.0 Å². The van der Waals surface area contributed by atoms with Crippen molar-refractivity contribution in [1.29, 1.82) is 0 Å². The van der Waals surface area contributed by atoms with Gasteiger partial charge in [-0.25, -0.2) is 0 Å². The highest BCUT2D eigenvalue weighted by Crippen LogP contribution is 2.38. The van der Waals surface area contributed by atoms with E-state index in [1.807, 2.05) is 26.0 Å². The Bertz CT molecular complexity index is 1530. The van der Waals surface area contributed by atoms with Gasteiger partial charge in [-0.3, -0.25) is 9.35 Å². The Kier molecular flexibility index (Phi) is 10.3. The molecule has 5 N–H and O–H groups in total. The third-order valence-corrected chi connectivity index (χ3v) is 6.62. The Morgan fingerprint density at radius 1 is 1.00 bits per heavy atom. The molecule has 0 atom stereocenters. The number of carbonyl (C=O) groups excluding carboxylic acids is 1. The molecule has 0 radical (unpaired) electrons. The Labute approximate surface area is 232 Å². The minimum atomic E-state index is -4.07. The summed E-state index contributed by atoms with van der Waals surface area (Å²) in [7, 11) is -2.55. The first-order valence-corrected chi connectivity index (χ1v) is 14.0. The maximum Gasteiger partial charge on any atom is 0.264 e. The topological polar surface area (TPSA) is 191 Å². The molecule has 0 spiro atoms. The van der Waals surface area contributed by atoms with Gasteiger partial charge >= 0.3 is 0 Å². The number of hydrogen-bond donors (Lipinski definition) is 3. The van der Waals surface area contributed by atoms with E-state index in [1.165, 1.54) is 7.11 Å². The molecule has 0 fully saturated rings. The van der Waals surface area contributed by atoms with Gasteiger partial charge in [0.2, 0.25) is 5.91 Å². The summed E-state index contributed by atoms with van der Waals surface area (Å²) in [5, 5.41) is 17.5. The van der Waals surface area contributed by atoms with Crippen molar-refractivity contribution in [2.45, 2.75) is 33.1 Å². The van der Waals surface area contributed by atoms with Crippen LogP contribution in [0.5, 0.6) is 11.5 Å². The third kappa shape index (κ3) is 8.58. The van der Waals surface area contributed by atoms with Crippen LogP contribution in [0.1, 0.15) is 30.9 Å². The fourth-order valence-corrected chi connectivity index (χ4v) is 4.15. The zero-order valence-corrected chi connectivity index (χ0v) is 23.3. The lowest BCUT2D eigenvalue weighted by molar-refractivity contribution is -0.114. The number of primary amides is 1. The summed E-state index contributed by atoms with van der Waals surface area (Å²) in [5.74, 6) is -0.152. The second-order valence-corrected chi connectivity index (χ2v) is 10.4. The van der Waals surface area contributed by atoms with Gasteiger partial charge in [-0.15, -0.1) is 5.11 Å². The Balaban J connectivity index is 1.83. The highest BCUT2D eigenvalue weighted by atomic mass is 32.2. The summed E-state index contributed by atoms with van der Waals surface area (Å²) < 4.78 is 41.8. The van der Waals surface area contributed by atoms with E-state index in [0.717, 1.165) is 11.1 Å². The molecular weight excluding hydrogens is 536 g/mol. The highest BCUT2D eigenvalue weighted by molar-refractivity contribution is 7.85. The van der Waals surface area contributed by atoms with Gasteiger partial charge in [0, 0.05) is 17.7 Å². The monoisotopic (exact) mass is 568 g/mol. The van der Waals surface area contributed by atoms with Crippen LogP contribution in [0, 0.1) is 6.92 Å². The van der Waals surface area contributed by atoms with Gasteiger partial charge < -0.3 is 20.9 Å². The largest absolute Gasteiger partial charge is 0.494 e. The van der Waals surface area contributed by atoms with Crippen LogP contribution in [0.2, 0.25) is 0 Å². The van der Waals surface area contributed by atoms with Crippen LogP contribution in [-0.4, -0.2) is 38.3 Å². The van der Waals surface area contributed by atoms with Gasteiger partial charge in [-0.05, 0) is 61.6 Å². The first-order chi connectivity index (χ1) is 19.0. The van der Waals surface area contributed by atoms with E-state index >= 15 is 0 Å². The average molecular weight is 569 g/mol. The molecule has 1 aliphatic rings. The fourth-order valence-electron chi connectivity index (χ4n) is 3.67. The minimum Gasteiger partial charge on any atom is -0.494 e. The number of rotatable bonds is 12. The summed E-state index contributed by atoms with van der Waals surface area (Å²) in [6, 6.07) is 6.84. The number of ether oxygens (including phenoxy) is 2. The summed E-state index contributed by atoms with van der Waals surface area (Å²) in [5.41, 5.74) is 16.0. The number of nitrogens with zero attached hydrogens (tertiary/aromatic N) is 4. The van der Waals surface area contributed by atoms with Crippen LogP contribution in [0.15, 0.2) is 80.3 Å². The van der Waals surface area contributed by atoms with Crippen molar-refractivity contribution < 1.29 is 27.2 Å². The van der Waals surface area contributed by atoms with E-state index in [-0.39, 0.29) is 13.0 Å². The molecule has 0 bridgehead atoms. The first-order valence-electron chi connectivity index (χ1n) is 12.4. The van der Waals surface area contributed by atoms with Crippen LogP contribution < -0.4 is 20.9 Å². The third-order valence-electron chi connectivity index (χ3n) is 5.82. The molecule has 0 saturated carbocycles. The van der Waals surface area contributed by atoms with E-state index < -0.39 is 21.8 Å². The van der Waals surface area contributed by atoms with E-state index in [9.17, 15) is 13.2 Å². The molecule has 0 aromatic heterocycles. The number of methoxy groups -OCH3 is 1. The van der Waals surface area contributed by atoms with Crippen molar-refractivity contribution in [2.24, 2.45) is 26.2 Å². The number of nitrogens with two attached hydrogens (primary N) is 2. The van der Waals surface area contributed by atoms with Crippen molar-refractivity contribution in [3.63, 3.8) is 0 Å². The lowest BCUT2D eigenvalue weighted by atomic mass is 10.1. The lowest BCUT2D eigenvalue weighted by Crippen LogP contribution is -2.12. The molecular formula is C27H32N6O6S. The number of anilines is 1. The van der Waals surface area contributed by atoms with Crippen molar-refractivity contribution in [1.82, 2.24) is 0 Å². The molecule has 12 nitrogen and oxygen atoms in total. The zero-order valence-electron chi connectivity index (χ0n) is 22.5. The maximum atomic E-state index is 11.4. The van der Waals surface area contributed by atoms with Gasteiger partial charge in [0.1, 0.15) is 17.2 Å². The van der Waals surface area contributed by atoms with Crippen molar-refractivity contribution in [3.8, 4) is 11.5 Å². The predicted octanol–water partition coefficient (Wildman–Crippen LogP) is 5.56. The minimum absolute atomic E-state index is 0.0445. The van der Waals surface area contributed by atoms with E-state index in [4.69, 9.17) is 25.5 Å². The van der Waals surface area contributed by atoms with E-state index in [1.54, 1.807) is 36.4 Å². The number of benzene rings is 2. The molecule has 1 aliphatic carbocycles. The number of amides is 1. The molecule has 0 saturated heterocycles. The van der Waals surface area contributed by atoms with Crippen LogP contribution >= 0.6 is 0 Å².